The van der Waals surface area contributed by atoms with Gasteiger partial charge in [-0.2, -0.15) is 0 Å². The fourth-order valence-corrected chi connectivity index (χ4v) is 2.52. The van der Waals surface area contributed by atoms with Gasteiger partial charge in [0.2, 0.25) is 0 Å². The van der Waals surface area contributed by atoms with Crippen LogP contribution in [0.5, 0.6) is 0 Å². The van der Waals surface area contributed by atoms with Crippen molar-refractivity contribution in [3.05, 3.63) is 35.0 Å². The van der Waals surface area contributed by atoms with Crippen molar-refractivity contribution in [3.8, 4) is 0 Å². The van der Waals surface area contributed by atoms with Crippen molar-refractivity contribution < 1.29 is 0 Å². The van der Waals surface area contributed by atoms with E-state index in [0.717, 1.165) is 36.3 Å². The second-order valence-electron chi connectivity index (χ2n) is 5.03. The van der Waals surface area contributed by atoms with Gasteiger partial charge in [0, 0.05) is 41.9 Å². The molecule has 0 spiro atoms. The van der Waals surface area contributed by atoms with E-state index in [1.165, 1.54) is 18.4 Å². The third-order valence-electron chi connectivity index (χ3n) is 3.21. The van der Waals surface area contributed by atoms with E-state index in [1.54, 1.807) is 0 Å². The fraction of sp³-hybridized carbons (Fsp3) is 0.533. The van der Waals surface area contributed by atoms with Gasteiger partial charge in [-0.1, -0.05) is 13.0 Å². The van der Waals surface area contributed by atoms with Crippen LogP contribution in [0, 0.1) is 0 Å². The molecule has 0 radical (unpaired) electrons. The molecule has 19 heavy (non-hydrogen) atoms. The molecule has 104 valence electrons. The summed E-state index contributed by atoms with van der Waals surface area (Å²) >= 11 is 3.52. The van der Waals surface area contributed by atoms with Gasteiger partial charge in [0.05, 0.1) is 0 Å². The molecule has 1 N–H and O–H groups in total. The molecule has 0 atom stereocenters. The Hall–Kier alpha value is -0.870. The normalized spacial score (nSPS) is 14.4. The summed E-state index contributed by atoms with van der Waals surface area (Å²) < 4.78 is 1.04. The minimum atomic E-state index is 0.714. The minimum absolute atomic E-state index is 0.714. The minimum Gasteiger partial charge on any atom is -0.353 e. The van der Waals surface area contributed by atoms with Gasteiger partial charge in [-0.15, -0.1) is 6.58 Å². The van der Waals surface area contributed by atoms with Crippen LogP contribution >= 0.6 is 15.9 Å². The number of hydrogen-bond donors (Lipinski definition) is 1. The smallest absolute Gasteiger partial charge is 0.133 e. The molecule has 1 aliphatic carbocycles. The number of pyridine rings is 1. The first-order chi connectivity index (χ1) is 9.24. The van der Waals surface area contributed by atoms with E-state index in [9.17, 15) is 0 Å². The quantitative estimate of drug-likeness (QED) is 0.742. The molecule has 1 aliphatic rings. The lowest BCUT2D eigenvalue weighted by Gasteiger charge is -2.24. The summed E-state index contributed by atoms with van der Waals surface area (Å²) in [6, 6.07) is 2.88. The second kappa shape index (κ2) is 7.06. The van der Waals surface area contributed by atoms with Crippen LogP contribution in [0.4, 0.5) is 5.82 Å². The number of nitrogens with one attached hydrogen (secondary N) is 1. The van der Waals surface area contributed by atoms with Crippen molar-refractivity contribution in [1.82, 2.24) is 10.3 Å². The Kier molecular flexibility index (Phi) is 5.40. The highest BCUT2D eigenvalue weighted by molar-refractivity contribution is 9.10. The molecule has 1 aromatic heterocycles. The summed E-state index contributed by atoms with van der Waals surface area (Å²) in [7, 11) is 0. The van der Waals surface area contributed by atoms with Gasteiger partial charge in [-0.3, -0.25) is 0 Å². The third-order valence-corrected chi connectivity index (χ3v) is 3.64. The second-order valence-corrected chi connectivity index (χ2v) is 5.94. The predicted molar refractivity (Wildman–Crippen MR) is 84.5 cm³/mol. The van der Waals surface area contributed by atoms with Crippen molar-refractivity contribution in [2.45, 2.75) is 38.8 Å². The first kappa shape index (κ1) is 14.5. The first-order valence-corrected chi connectivity index (χ1v) is 7.77. The topological polar surface area (TPSA) is 28.2 Å². The molecular weight excluding hydrogens is 302 g/mol. The summed E-state index contributed by atoms with van der Waals surface area (Å²) in [5.74, 6) is 1.08. The maximum Gasteiger partial charge on any atom is 0.133 e. The fourth-order valence-electron chi connectivity index (χ4n) is 2.14. The maximum absolute atomic E-state index is 4.61. The molecule has 2 rings (SSSR count). The Bertz CT molecular complexity index is 429. The van der Waals surface area contributed by atoms with E-state index in [4.69, 9.17) is 0 Å². The van der Waals surface area contributed by atoms with Crippen LogP contribution < -0.4 is 10.2 Å². The van der Waals surface area contributed by atoms with E-state index in [-0.39, 0.29) is 0 Å². The Balaban J connectivity index is 2.16. The van der Waals surface area contributed by atoms with Gasteiger partial charge < -0.3 is 10.2 Å². The number of anilines is 1. The number of nitrogens with zero attached hydrogens (tertiary/aromatic N) is 2. The third kappa shape index (κ3) is 4.32. The van der Waals surface area contributed by atoms with Crippen LogP contribution in [0.1, 0.15) is 31.7 Å². The average molecular weight is 324 g/mol. The first-order valence-electron chi connectivity index (χ1n) is 6.98. The van der Waals surface area contributed by atoms with Crippen molar-refractivity contribution in [2.24, 2.45) is 0 Å². The molecule has 0 aliphatic heterocycles. The summed E-state index contributed by atoms with van der Waals surface area (Å²) in [5.41, 5.74) is 1.26. The Morgan fingerprint density at radius 2 is 2.37 bits per heavy atom. The van der Waals surface area contributed by atoms with Gasteiger partial charge in [-0.25, -0.2) is 4.98 Å². The summed E-state index contributed by atoms with van der Waals surface area (Å²) in [6.07, 6.45) is 7.55. The molecular formula is C15H22BrN3. The van der Waals surface area contributed by atoms with Crippen molar-refractivity contribution >= 4 is 21.7 Å². The van der Waals surface area contributed by atoms with Crippen molar-refractivity contribution in [3.63, 3.8) is 0 Å². The highest BCUT2D eigenvalue weighted by atomic mass is 79.9. The van der Waals surface area contributed by atoms with Crippen molar-refractivity contribution in [2.75, 3.05) is 18.0 Å². The lowest BCUT2D eigenvalue weighted by atomic mass is 10.2. The Morgan fingerprint density at radius 1 is 1.58 bits per heavy atom. The van der Waals surface area contributed by atoms with Gasteiger partial charge in [0.25, 0.3) is 0 Å². The van der Waals surface area contributed by atoms with Gasteiger partial charge in [0.1, 0.15) is 5.82 Å². The molecule has 3 nitrogen and oxygen atoms in total. The summed E-state index contributed by atoms with van der Waals surface area (Å²) in [5, 5.41) is 3.57. The highest BCUT2D eigenvalue weighted by Gasteiger charge is 2.21. The SMILES string of the molecule is C=CCN(CCC)c1ncc(Br)cc1CNC1CC1. The van der Waals surface area contributed by atoms with E-state index >= 15 is 0 Å². The van der Waals surface area contributed by atoms with Crippen LogP contribution in [0.2, 0.25) is 0 Å². The van der Waals surface area contributed by atoms with Gasteiger partial charge in [0.15, 0.2) is 0 Å². The predicted octanol–water partition coefficient (Wildman–Crippen LogP) is 3.50. The number of rotatable bonds is 8. The van der Waals surface area contributed by atoms with E-state index < -0.39 is 0 Å². The zero-order valence-corrected chi connectivity index (χ0v) is 13.1. The molecule has 0 aromatic carbocycles. The van der Waals surface area contributed by atoms with E-state index in [2.05, 4.69) is 50.7 Å². The molecule has 1 heterocycles. The molecule has 1 saturated carbocycles. The van der Waals surface area contributed by atoms with Crippen molar-refractivity contribution in [1.29, 1.82) is 0 Å². The summed E-state index contributed by atoms with van der Waals surface area (Å²) in [6.45, 7) is 8.79. The van der Waals surface area contributed by atoms with Crippen LogP contribution in [0.3, 0.4) is 0 Å². The summed E-state index contributed by atoms with van der Waals surface area (Å²) in [4.78, 5) is 6.90. The van der Waals surface area contributed by atoms with Gasteiger partial charge >= 0.3 is 0 Å². The molecule has 4 heteroatoms. The standard InChI is InChI=1S/C15H22BrN3/c1-3-7-19(8-4-2)15-12(9-13(16)11-18-15)10-17-14-5-6-14/h3,9,11,14,17H,1,4-8,10H2,2H3. The monoisotopic (exact) mass is 323 g/mol. The number of hydrogen-bond acceptors (Lipinski definition) is 3. The van der Waals surface area contributed by atoms with Crippen LogP contribution in [-0.4, -0.2) is 24.1 Å². The molecule has 0 amide bonds. The Labute approximate surface area is 124 Å². The number of aromatic nitrogens is 1. The lowest BCUT2D eigenvalue weighted by Crippen LogP contribution is -2.27. The molecule has 0 bridgehead atoms. The van der Waals surface area contributed by atoms with E-state index in [0.29, 0.717) is 6.04 Å². The maximum atomic E-state index is 4.61. The van der Waals surface area contributed by atoms with Crippen LogP contribution in [0.25, 0.3) is 0 Å². The molecule has 1 fully saturated rings. The molecule has 0 saturated heterocycles. The largest absolute Gasteiger partial charge is 0.353 e. The van der Waals surface area contributed by atoms with Crippen LogP contribution in [0.15, 0.2) is 29.4 Å². The number of halogens is 1. The zero-order chi connectivity index (χ0) is 13.7. The lowest BCUT2D eigenvalue weighted by molar-refractivity contribution is 0.680. The van der Waals surface area contributed by atoms with E-state index in [1.807, 2.05) is 12.3 Å². The Morgan fingerprint density at radius 3 is 3.00 bits per heavy atom. The average Bonchev–Trinajstić information content (AvgIpc) is 3.20. The highest BCUT2D eigenvalue weighted by Crippen LogP contribution is 2.24. The van der Waals surface area contributed by atoms with Crippen LogP contribution in [-0.2, 0) is 6.54 Å². The molecule has 0 unspecified atom stereocenters. The zero-order valence-electron chi connectivity index (χ0n) is 11.5. The molecule has 1 aromatic rings. The van der Waals surface area contributed by atoms with Gasteiger partial charge in [-0.05, 0) is 41.3 Å².